The molecule has 0 spiro atoms. The van der Waals surface area contributed by atoms with Crippen molar-refractivity contribution in [2.75, 3.05) is 39.5 Å². The molecule has 5 heteroatoms. The van der Waals surface area contributed by atoms with E-state index in [4.69, 9.17) is 4.74 Å². The van der Waals surface area contributed by atoms with E-state index in [1.54, 1.807) is 7.11 Å². The number of hydrogen-bond acceptors (Lipinski definition) is 3. The zero-order valence-electron chi connectivity index (χ0n) is 14.1. The molecular formula is C17H27N3OS. The van der Waals surface area contributed by atoms with Gasteiger partial charge < -0.3 is 15.0 Å². The first kappa shape index (κ1) is 17.0. The van der Waals surface area contributed by atoms with Gasteiger partial charge in [0.2, 0.25) is 0 Å². The maximum atomic E-state index is 5.18. The van der Waals surface area contributed by atoms with E-state index in [1.165, 1.54) is 5.56 Å². The van der Waals surface area contributed by atoms with Crippen LogP contribution in [0.1, 0.15) is 19.4 Å². The Kier molecular flexibility index (Phi) is 6.00. The third kappa shape index (κ3) is 4.83. The van der Waals surface area contributed by atoms with Crippen molar-refractivity contribution in [2.45, 2.75) is 25.0 Å². The van der Waals surface area contributed by atoms with Crippen LogP contribution in [0.2, 0.25) is 0 Å². The summed E-state index contributed by atoms with van der Waals surface area (Å²) in [5.74, 6) is 3.08. The molecule has 0 amide bonds. The fourth-order valence-electron chi connectivity index (χ4n) is 2.64. The molecule has 0 radical (unpaired) electrons. The number of rotatable bonds is 4. The first-order valence-corrected chi connectivity index (χ1v) is 8.75. The highest BCUT2D eigenvalue weighted by molar-refractivity contribution is 8.00. The Morgan fingerprint density at radius 3 is 2.68 bits per heavy atom. The summed E-state index contributed by atoms with van der Waals surface area (Å²) in [6.07, 6.45) is 0.981. The van der Waals surface area contributed by atoms with Crippen LogP contribution in [0.3, 0.4) is 0 Å². The lowest BCUT2D eigenvalue weighted by atomic mass is 10.1. The van der Waals surface area contributed by atoms with Gasteiger partial charge in [-0.1, -0.05) is 12.1 Å². The highest BCUT2D eigenvalue weighted by Crippen LogP contribution is 2.29. The summed E-state index contributed by atoms with van der Waals surface area (Å²) < 4.78 is 5.48. The largest absolute Gasteiger partial charge is 0.497 e. The van der Waals surface area contributed by atoms with Crippen LogP contribution in [-0.2, 0) is 6.42 Å². The van der Waals surface area contributed by atoms with E-state index in [2.05, 4.69) is 41.2 Å². The van der Waals surface area contributed by atoms with Crippen LogP contribution in [0, 0.1) is 0 Å². The predicted octanol–water partition coefficient (Wildman–Crippen LogP) is 2.64. The fourth-order valence-corrected chi connectivity index (χ4v) is 3.75. The number of methoxy groups -OCH3 is 1. The third-order valence-electron chi connectivity index (χ3n) is 3.79. The molecule has 0 saturated carbocycles. The minimum atomic E-state index is 0.297. The molecule has 1 aromatic carbocycles. The lowest BCUT2D eigenvalue weighted by molar-refractivity contribution is 0.376. The van der Waals surface area contributed by atoms with Crippen molar-refractivity contribution in [3.63, 3.8) is 0 Å². The average molecular weight is 321 g/mol. The van der Waals surface area contributed by atoms with Crippen LogP contribution in [0.4, 0.5) is 0 Å². The Balaban J connectivity index is 1.83. The quantitative estimate of drug-likeness (QED) is 0.683. The van der Waals surface area contributed by atoms with Gasteiger partial charge in [0, 0.05) is 37.2 Å². The molecule has 1 fully saturated rings. The second-order valence-corrected chi connectivity index (χ2v) is 7.90. The number of aliphatic imine (C=N–C) groups is 1. The van der Waals surface area contributed by atoms with Crippen LogP contribution in [0.25, 0.3) is 0 Å². The van der Waals surface area contributed by atoms with Gasteiger partial charge in [-0.2, -0.15) is 11.8 Å². The van der Waals surface area contributed by atoms with Crippen LogP contribution < -0.4 is 10.1 Å². The molecule has 22 heavy (non-hydrogen) atoms. The standard InChI is InChI=1S/C17H27N3OS/c1-17(2)13-20(11-12-22-17)16(18-3)19-10-9-14-5-7-15(21-4)8-6-14/h5-8H,9-13H2,1-4H3,(H,18,19). The van der Waals surface area contributed by atoms with Crippen molar-refractivity contribution in [3.05, 3.63) is 29.8 Å². The van der Waals surface area contributed by atoms with Gasteiger partial charge in [-0.05, 0) is 38.0 Å². The zero-order chi connectivity index (χ0) is 16.0. The molecule has 0 aromatic heterocycles. The van der Waals surface area contributed by atoms with Crippen molar-refractivity contribution in [1.29, 1.82) is 0 Å². The van der Waals surface area contributed by atoms with E-state index in [9.17, 15) is 0 Å². The molecule has 1 aliphatic rings. The van der Waals surface area contributed by atoms with Crippen molar-refractivity contribution in [2.24, 2.45) is 4.99 Å². The molecule has 122 valence electrons. The molecule has 0 atom stereocenters. The molecular weight excluding hydrogens is 294 g/mol. The van der Waals surface area contributed by atoms with Crippen LogP contribution in [0.15, 0.2) is 29.3 Å². The SMILES string of the molecule is CN=C(NCCc1ccc(OC)cc1)N1CCSC(C)(C)C1. The molecule has 0 aliphatic carbocycles. The predicted molar refractivity (Wildman–Crippen MR) is 96.2 cm³/mol. The van der Waals surface area contributed by atoms with Gasteiger partial charge in [-0.3, -0.25) is 4.99 Å². The van der Waals surface area contributed by atoms with Gasteiger partial charge >= 0.3 is 0 Å². The van der Waals surface area contributed by atoms with Gasteiger partial charge in [0.1, 0.15) is 5.75 Å². The normalized spacial score (nSPS) is 18.2. The molecule has 1 aromatic rings. The molecule has 0 bridgehead atoms. The number of nitrogens with zero attached hydrogens (tertiary/aromatic N) is 2. The van der Waals surface area contributed by atoms with E-state index in [0.29, 0.717) is 4.75 Å². The highest BCUT2D eigenvalue weighted by atomic mass is 32.2. The third-order valence-corrected chi connectivity index (χ3v) is 5.09. The Morgan fingerprint density at radius 2 is 2.09 bits per heavy atom. The number of benzene rings is 1. The Morgan fingerprint density at radius 1 is 1.36 bits per heavy atom. The van der Waals surface area contributed by atoms with E-state index in [0.717, 1.165) is 43.5 Å². The number of hydrogen-bond donors (Lipinski definition) is 1. The van der Waals surface area contributed by atoms with E-state index < -0.39 is 0 Å². The number of nitrogens with one attached hydrogen (secondary N) is 1. The topological polar surface area (TPSA) is 36.9 Å². The first-order chi connectivity index (χ1) is 10.5. The van der Waals surface area contributed by atoms with Gasteiger partial charge in [0.15, 0.2) is 5.96 Å². The number of guanidine groups is 1. The molecule has 1 heterocycles. The Labute approximate surface area is 138 Å². The van der Waals surface area contributed by atoms with E-state index in [-0.39, 0.29) is 0 Å². The monoisotopic (exact) mass is 321 g/mol. The van der Waals surface area contributed by atoms with Gasteiger partial charge in [-0.15, -0.1) is 0 Å². The molecule has 4 nitrogen and oxygen atoms in total. The maximum Gasteiger partial charge on any atom is 0.193 e. The van der Waals surface area contributed by atoms with Crippen molar-refractivity contribution in [3.8, 4) is 5.75 Å². The second kappa shape index (κ2) is 7.77. The zero-order valence-corrected chi connectivity index (χ0v) is 14.9. The van der Waals surface area contributed by atoms with Crippen molar-refractivity contribution < 1.29 is 4.74 Å². The summed E-state index contributed by atoms with van der Waals surface area (Å²) in [7, 11) is 3.56. The van der Waals surface area contributed by atoms with E-state index >= 15 is 0 Å². The lowest BCUT2D eigenvalue weighted by Crippen LogP contribution is -2.51. The summed E-state index contributed by atoms with van der Waals surface area (Å²) in [5, 5.41) is 3.49. The Bertz CT molecular complexity index is 499. The lowest BCUT2D eigenvalue weighted by Gasteiger charge is -2.39. The van der Waals surface area contributed by atoms with Gasteiger partial charge in [0.25, 0.3) is 0 Å². The van der Waals surface area contributed by atoms with Gasteiger partial charge in [-0.25, -0.2) is 0 Å². The summed E-state index contributed by atoms with van der Waals surface area (Å²) in [4.78, 5) is 6.80. The minimum absolute atomic E-state index is 0.297. The Hall–Kier alpha value is -1.36. The second-order valence-electron chi connectivity index (χ2n) is 6.10. The molecule has 0 unspecified atom stereocenters. The summed E-state index contributed by atoms with van der Waals surface area (Å²) in [6, 6.07) is 8.25. The smallest absolute Gasteiger partial charge is 0.193 e. The number of ether oxygens (including phenoxy) is 1. The summed E-state index contributed by atoms with van der Waals surface area (Å²) >= 11 is 2.04. The van der Waals surface area contributed by atoms with Crippen LogP contribution in [0.5, 0.6) is 5.75 Å². The number of thioether (sulfide) groups is 1. The maximum absolute atomic E-state index is 5.18. The molecule has 1 N–H and O–H groups in total. The first-order valence-electron chi connectivity index (χ1n) is 7.76. The molecule has 2 rings (SSSR count). The molecule has 1 saturated heterocycles. The minimum Gasteiger partial charge on any atom is -0.497 e. The summed E-state index contributed by atoms with van der Waals surface area (Å²) in [6.45, 7) is 7.60. The average Bonchev–Trinajstić information content (AvgIpc) is 2.51. The summed E-state index contributed by atoms with van der Waals surface area (Å²) in [5.41, 5.74) is 1.30. The van der Waals surface area contributed by atoms with E-state index in [1.807, 2.05) is 30.9 Å². The van der Waals surface area contributed by atoms with Crippen LogP contribution >= 0.6 is 11.8 Å². The van der Waals surface area contributed by atoms with Crippen molar-refractivity contribution >= 4 is 17.7 Å². The van der Waals surface area contributed by atoms with Crippen LogP contribution in [-0.4, -0.2) is 55.2 Å². The van der Waals surface area contributed by atoms with Gasteiger partial charge in [0.05, 0.1) is 7.11 Å². The highest BCUT2D eigenvalue weighted by Gasteiger charge is 2.28. The fraction of sp³-hybridized carbons (Fsp3) is 0.588. The van der Waals surface area contributed by atoms with Crippen molar-refractivity contribution in [1.82, 2.24) is 10.2 Å². The molecule has 1 aliphatic heterocycles.